The molecule has 0 aromatic heterocycles. The summed E-state index contributed by atoms with van der Waals surface area (Å²) < 4.78 is 70.4. The predicted molar refractivity (Wildman–Crippen MR) is 71.6 cm³/mol. The molecule has 2 N–H and O–H groups in total. The Labute approximate surface area is 130 Å². The molecule has 0 amide bonds. The minimum Gasteiger partial charge on any atom is -0.481 e. The Balaban J connectivity index is 2.23. The molecule has 0 spiro atoms. The third-order valence-electron chi connectivity index (χ3n) is 3.77. The Kier molecular flexibility index (Phi) is 4.97. The fourth-order valence-corrected chi connectivity index (χ4v) is 3.38. The smallest absolute Gasteiger partial charge is 0.311 e. The summed E-state index contributed by atoms with van der Waals surface area (Å²) in [5.74, 6) is -6.27. The molecule has 1 fully saturated rings. The Bertz CT molecular complexity index is 693. The number of hydrogen-bond donors (Lipinski definition) is 2. The number of nitrogens with one attached hydrogen (secondary N) is 1. The van der Waals surface area contributed by atoms with E-state index in [1.807, 2.05) is 4.72 Å². The number of carboxylic acids is 1. The molecule has 2 rings (SSSR count). The van der Waals surface area contributed by atoms with Crippen molar-refractivity contribution in [1.82, 2.24) is 4.72 Å². The van der Waals surface area contributed by atoms with Gasteiger partial charge in [-0.05, 0) is 25.0 Å². The molecular formula is C13H14F3NO5S. The van der Waals surface area contributed by atoms with Gasteiger partial charge in [-0.2, -0.15) is 0 Å². The molecule has 0 bridgehead atoms. The molecule has 1 aromatic rings. The van der Waals surface area contributed by atoms with Gasteiger partial charge in [0.1, 0.15) is 0 Å². The number of aliphatic carboxylic acids is 1. The topological polar surface area (TPSA) is 92.7 Å². The number of rotatable bonds is 5. The van der Waals surface area contributed by atoms with Gasteiger partial charge < -0.3 is 9.84 Å². The van der Waals surface area contributed by atoms with Crippen LogP contribution in [0.1, 0.15) is 12.8 Å². The largest absolute Gasteiger partial charge is 0.481 e. The molecule has 1 heterocycles. The van der Waals surface area contributed by atoms with Crippen molar-refractivity contribution in [2.24, 2.45) is 5.41 Å². The van der Waals surface area contributed by atoms with E-state index in [4.69, 9.17) is 4.74 Å². The van der Waals surface area contributed by atoms with Crippen LogP contribution in [0.3, 0.4) is 0 Å². The van der Waals surface area contributed by atoms with Crippen molar-refractivity contribution in [2.45, 2.75) is 17.7 Å². The van der Waals surface area contributed by atoms with E-state index in [1.165, 1.54) is 0 Å². The second-order valence-electron chi connectivity index (χ2n) is 5.22. The maximum absolute atomic E-state index is 13.2. The zero-order chi connectivity index (χ0) is 17.3. The second-order valence-corrected chi connectivity index (χ2v) is 6.99. The first-order chi connectivity index (χ1) is 10.7. The number of sulfonamides is 1. The number of ether oxygens (including phenoxy) is 1. The van der Waals surface area contributed by atoms with E-state index in [-0.39, 0.29) is 26.1 Å². The maximum atomic E-state index is 13.2. The molecule has 1 aliphatic rings. The van der Waals surface area contributed by atoms with Crippen molar-refractivity contribution >= 4 is 16.0 Å². The van der Waals surface area contributed by atoms with Crippen LogP contribution >= 0.6 is 0 Å². The molecule has 1 aliphatic heterocycles. The lowest BCUT2D eigenvalue weighted by molar-refractivity contribution is -0.154. The van der Waals surface area contributed by atoms with Crippen LogP contribution in [0.2, 0.25) is 0 Å². The van der Waals surface area contributed by atoms with Crippen molar-refractivity contribution < 1.29 is 36.2 Å². The number of halogens is 3. The van der Waals surface area contributed by atoms with Gasteiger partial charge in [0.05, 0.1) is 10.3 Å². The minimum atomic E-state index is -4.39. The maximum Gasteiger partial charge on any atom is 0.311 e. The van der Waals surface area contributed by atoms with E-state index >= 15 is 0 Å². The first-order valence-electron chi connectivity index (χ1n) is 6.63. The lowest BCUT2D eigenvalue weighted by atomic mass is 9.80. The summed E-state index contributed by atoms with van der Waals surface area (Å²) >= 11 is 0. The first kappa shape index (κ1) is 17.7. The van der Waals surface area contributed by atoms with Gasteiger partial charge in [-0.25, -0.2) is 26.3 Å². The highest BCUT2D eigenvalue weighted by molar-refractivity contribution is 7.89. The molecule has 0 aliphatic carbocycles. The summed E-state index contributed by atoms with van der Waals surface area (Å²) in [4.78, 5) is 10.6. The van der Waals surface area contributed by atoms with Crippen LogP contribution in [0.5, 0.6) is 0 Å². The van der Waals surface area contributed by atoms with Crippen LogP contribution in [0.4, 0.5) is 13.2 Å². The molecule has 1 saturated heterocycles. The van der Waals surface area contributed by atoms with E-state index in [0.29, 0.717) is 12.1 Å². The fraction of sp³-hybridized carbons (Fsp3) is 0.462. The third kappa shape index (κ3) is 3.65. The summed E-state index contributed by atoms with van der Waals surface area (Å²) in [7, 11) is -4.39. The van der Waals surface area contributed by atoms with Gasteiger partial charge in [-0.1, -0.05) is 0 Å². The molecule has 1 aromatic carbocycles. The molecule has 10 heteroatoms. The first-order valence-corrected chi connectivity index (χ1v) is 8.12. The lowest BCUT2D eigenvalue weighted by Crippen LogP contribution is -2.46. The van der Waals surface area contributed by atoms with Crippen LogP contribution in [0.25, 0.3) is 0 Å². The van der Waals surface area contributed by atoms with Gasteiger partial charge in [0.25, 0.3) is 0 Å². The summed E-state index contributed by atoms with van der Waals surface area (Å²) in [5.41, 5.74) is -1.36. The summed E-state index contributed by atoms with van der Waals surface area (Å²) in [6.07, 6.45) is 0.188. The Hall–Kier alpha value is -1.65. The van der Waals surface area contributed by atoms with E-state index in [0.717, 1.165) is 0 Å². The zero-order valence-corrected chi connectivity index (χ0v) is 12.6. The summed E-state index contributed by atoms with van der Waals surface area (Å²) in [5, 5.41) is 9.32. The molecule has 128 valence electrons. The van der Waals surface area contributed by atoms with Crippen molar-refractivity contribution in [3.05, 3.63) is 29.6 Å². The van der Waals surface area contributed by atoms with Crippen molar-refractivity contribution in [3.63, 3.8) is 0 Å². The van der Waals surface area contributed by atoms with Gasteiger partial charge >= 0.3 is 5.97 Å². The molecule has 23 heavy (non-hydrogen) atoms. The number of carbonyl (C=O) groups is 1. The van der Waals surface area contributed by atoms with Crippen molar-refractivity contribution in [3.8, 4) is 0 Å². The average molecular weight is 353 g/mol. The fourth-order valence-electron chi connectivity index (χ4n) is 2.23. The normalized spacial score (nSPS) is 17.9. The van der Waals surface area contributed by atoms with Crippen LogP contribution in [-0.2, 0) is 19.6 Å². The highest BCUT2D eigenvalue weighted by Gasteiger charge is 2.41. The van der Waals surface area contributed by atoms with Crippen LogP contribution in [0.15, 0.2) is 17.0 Å². The van der Waals surface area contributed by atoms with E-state index in [9.17, 15) is 31.5 Å². The van der Waals surface area contributed by atoms with Crippen LogP contribution < -0.4 is 4.72 Å². The molecule has 0 radical (unpaired) electrons. The number of hydrogen-bond acceptors (Lipinski definition) is 4. The summed E-state index contributed by atoms with van der Waals surface area (Å²) in [6, 6.07) is 0.663. The van der Waals surface area contributed by atoms with Crippen LogP contribution in [0, 0.1) is 22.9 Å². The van der Waals surface area contributed by atoms with E-state index in [1.54, 1.807) is 0 Å². The Morgan fingerprint density at radius 2 is 1.74 bits per heavy atom. The van der Waals surface area contributed by atoms with Gasteiger partial charge in [0.2, 0.25) is 10.0 Å². The van der Waals surface area contributed by atoms with Crippen LogP contribution in [-0.4, -0.2) is 39.3 Å². The monoisotopic (exact) mass is 353 g/mol. The van der Waals surface area contributed by atoms with Gasteiger partial charge in [-0.3, -0.25) is 4.79 Å². The highest BCUT2D eigenvalue weighted by atomic mass is 32.2. The molecule has 6 nitrogen and oxygen atoms in total. The molecule has 0 atom stereocenters. The average Bonchev–Trinajstić information content (AvgIpc) is 2.51. The quantitative estimate of drug-likeness (QED) is 0.778. The van der Waals surface area contributed by atoms with E-state index in [2.05, 4.69) is 0 Å². The SMILES string of the molecule is O=C(O)C1(CNS(=O)(=O)c2cc(F)c(F)c(F)c2)CCOCC1. The predicted octanol–water partition coefficient (Wildman–Crippen LogP) is 1.26. The molecule has 0 saturated carbocycles. The molecule has 0 unspecified atom stereocenters. The van der Waals surface area contributed by atoms with Crippen molar-refractivity contribution in [2.75, 3.05) is 19.8 Å². The van der Waals surface area contributed by atoms with Crippen molar-refractivity contribution in [1.29, 1.82) is 0 Å². The molecular weight excluding hydrogens is 339 g/mol. The van der Waals surface area contributed by atoms with Gasteiger partial charge in [0, 0.05) is 19.8 Å². The minimum absolute atomic E-state index is 0.0942. The van der Waals surface area contributed by atoms with Gasteiger partial charge in [0.15, 0.2) is 17.5 Å². The van der Waals surface area contributed by atoms with E-state index < -0.39 is 50.3 Å². The standard InChI is InChI=1S/C13H14F3NO5S/c14-9-5-8(6-10(15)11(9)16)23(20,21)17-7-13(12(18)19)1-3-22-4-2-13/h5-6,17H,1-4,7H2,(H,18,19). The lowest BCUT2D eigenvalue weighted by Gasteiger charge is -2.33. The Morgan fingerprint density at radius 3 is 2.22 bits per heavy atom. The number of benzene rings is 1. The summed E-state index contributed by atoms with van der Waals surface area (Å²) in [6.45, 7) is -0.143. The second kappa shape index (κ2) is 6.46. The zero-order valence-electron chi connectivity index (χ0n) is 11.8. The highest BCUT2D eigenvalue weighted by Crippen LogP contribution is 2.30. The third-order valence-corrected chi connectivity index (χ3v) is 5.15. The number of carboxylic acid groups (broad SMARTS) is 1. The van der Waals surface area contributed by atoms with Gasteiger partial charge in [-0.15, -0.1) is 0 Å². The Morgan fingerprint density at radius 1 is 1.22 bits per heavy atom.